The number of morpholine rings is 1. The summed E-state index contributed by atoms with van der Waals surface area (Å²) in [6.07, 6.45) is 3.22. The molecular weight excluding hydrogens is 464 g/mol. The summed E-state index contributed by atoms with van der Waals surface area (Å²) >= 11 is 0. The van der Waals surface area contributed by atoms with Gasteiger partial charge < -0.3 is 20.1 Å². The Hall–Kier alpha value is -2.70. The number of methoxy groups -OCH3 is 1. The number of nitrogens with one attached hydrogen (secondary N) is 2. The Bertz CT molecular complexity index is 1090. The summed E-state index contributed by atoms with van der Waals surface area (Å²) in [7, 11) is -2.51. The second-order valence-corrected chi connectivity index (χ2v) is 10.8. The highest BCUT2D eigenvalue weighted by Gasteiger charge is 2.55. The number of rotatable bonds is 6. The van der Waals surface area contributed by atoms with Gasteiger partial charge >= 0.3 is 6.03 Å². The topological polar surface area (TPSA) is 134 Å². The highest BCUT2D eigenvalue weighted by molar-refractivity contribution is 7.89. The number of carbonyl (C=O) groups is 3. The van der Waals surface area contributed by atoms with Crippen LogP contribution < -0.4 is 15.4 Å². The maximum Gasteiger partial charge on any atom is 0.325 e. The Morgan fingerprint density at radius 3 is 2.68 bits per heavy atom. The minimum Gasteiger partial charge on any atom is -0.495 e. The minimum absolute atomic E-state index is 0.0136. The van der Waals surface area contributed by atoms with Crippen molar-refractivity contribution in [2.24, 2.45) is 5.92 Å². The summed E-state index contributed by atoms with van der Waals surface area (Å²) in [4.78, 5) is 39.2. The van der Waals surface area contributed by atoms with Gasteiger partial charge in [-0.05, 0) is 37.0 Å². The molecule has 34 heavy (non-hydrogen) atoms. The number of hydrogen-bond acceptors (Lipinski definition) is 7. The van der Waals surface area contributed by atoms with Gasteiger partial charge in [-0.15, -0.1) is 0 Å². The summed E-state index contributed by atoms with van der Waals surface area (Å²) in [6.45, 7) is 2.50. The Morgan fingerprint density at radius 2 is 2.00 bits per heavy atom. The monoisotopic (exact) mass is 494 g/mol. The Labute approximate surface area is 198 Å². The lowest BCUT2D eigenvalue weighted by Crippen LogP contribution is -2.54. The van der Waals surface area contributed by atoms with E-state index in [4.69, 9.17) is 9.47 Å². The first-order valence-electron chi connectivity index (χ1n) is 11.4. The molecule has 0 unspecified atom stereocenters. The van der Waals surface area contributed by atoms with Crippen LogP contribution in [-0.2, 0) is 24.3 Å². The summed E-state index contributed by atoms with van der Waals surface area (Å²) < 4.78 is 38.1. The van der Waals surface area contributed by atoms with Crippen molar-refractivity contribution in [1.29, 1.82) is 0 Å². The van der Waals surface area contributed by atoms with Crippen LogP contribution >= 0.6 is 0 Å². The maximum absolute atomic E-state index is 13.1. The number of benzene rings is 1. The van der Waals surface area contributed by atoms with E-state index < -0.39 is 34.0 Å². The van der Waals surface area contributed by atoms with Gasteiger partial charge in [0.1, 0.15) is 22.7 Å². The number of carbonyl (C=O) groups excluding carboxylic acids is 3. The van der Waals surface area contributed by atoms with Crippen LogP contribution in [0.2, 0.25) is 0 Å². The van der Waals surface area contributed by atoms with Crippen LogP contribution in [0.4, 0.5) is 10.5 Å². The maximum atomic E-state index is 13.1. The zero-order valence-corrected chi connectivity index (χ0v) is 20.2. The number of ether oxygens (including phenoxy) is 2. The van der Waals surface area contributed by atoms with Crippen molar-refractivity contribution in [3.8, 4) is 5.75 Å². The van der Waals surface area contributed by atoms with Crippen LogP contribution in [0.15, 0.2) is 23.1 Å². The van der Waals surface area contributed by atoms with E-state index >= 15 is 0 Å². The molecule has 4 rings (SSSR count). The van der Waals surface area contributed by atoms with Gasteiger partial charge in [0.15, 0.2) is 0 Å². The molecule has 1 aliphatic carbocycles. The van der Waals surface area contributed by atoms with E-state index in [9.17, 15) is 22.8 Å². The van der Waals surface area contributed by atoms with Crippen molar-refractivity contribution in [1.82, 2.24) is 14.5 Å². The molecule has 2 atom stereocenters. The molecule has 1 aromatic carbocycles. The third kappa shape index (κ3) is 4.37. The predicted molar refractivity (Wildman–Crippen MR) is 122 cm³/mol. The third-order valence-electron chi connectivity index (χ3n) is 6.84. The molecule has 2 N–H and O–H groups in total. The second kappa shape index (κ2) is 9.51. The van der Waals surface area contributed by atoms with Gasteiger partial charge in [-0.3, -0.25) is 14.5 Å². The number of imide groups is 1. The first-order chi connectivity index (χ1) is 16.2. The molecule has 3 aliphatic rings. The Kier molecular flexibility index (Phi) is 6.83. The normalized spacial score (nSPS) is 25.9. The molecule has 1 spiro atoms. The summed E-state index contributed by atoms with van der Waals surface area (Å²) in [5, 5.41) is 5.42. The molecule has 1 aromatic rings. The smallest absolute Gasteiger partial charge is 0.325 e. The molecule has 12 heteroatoms. The van der Waals surface area contributed by atoms with Crippen molar-refractivity contribution in [3.05, 3.63) is 18.2 Å². The lowest BCUT2D eigenvalue weighted by atomic mass is 9.73. The minimum atomic E-state index is -3.88. The number of amides is 4. The van der Waals surface area contributed by atoms with Gasteiger partial charge in [0.25, 0.3) is 5.91 Å². The van der Waals surface area contributed by atoms with Crippen molar-refractivity contribution in [2.45, 2.75) is 43.0 Å². The van der Waals surface area contributed by atoms with Gasteiger partial charge in [0.05, 0.1) is 20.3 Å². The molecule has 4 amide bonds. The van der Waals surface area contributed by atoms with E-state index in [0.29, 0.717) is 19.6 Å². The molecule has 0 bridgehead atoms. The highest BCUT2D eigenvalue weighted by atomic mass is 32.2. The van der Waals surface area contributed by atoms with Gasteiger partial charge in [0, 0.05) is 18.8 Å². The van der Waals surface area contributed by atoms with E-state index in [1.807, 2.05) is 6.92 Å². The van der Waals surface area contributed by atoms with Crippen molar-refractivity contribution < 1.29 is 32.3 Å². The standard InChI is InChI=1S/C22H30N4O7S/c1-15-5-3-4-8-22(15)20(28)26(21(29)24-22)14-19(27)23-16-6-7-17(32-2)18(13-16)34(30,31)25-9-11-33-12-10-25/h6-7,13,15H,3-5,8-12,14H2,1-2H3,(H,23,27)(H,24,29)/t15-,22-/m0/s1. The van der Waals surface area contributed by atoms with Crippen LogP contribution in [0.25, 0.3) is 0 Å². The zero-order valence-electron chi connectivity index (χ0n) is 19.3. The van der Waals surface area contributed by atoms with E-state index in [1.54, 1.807) is 0 Å². The highest BCUT2D eigenvalue weighted by Crippen LogP contribution is 2.38. The van der Waals surface area contributed by atoms with Gasteiger partial charge in [-0.1, -0.05) is 19.8 Å². The van der Waals surface area contributed by atoms with Crippen LogP contribution in [-0.4, -0.2) is 81.0 Å². The molecule has 0 radical (unpaired) electrons. The van der Waals surface area contributed by atoms with E-state index in [2.05, 4.69) is 10.6 Å². The van der Waals surface area contributed by atoms with E-state index in [1.165, 1.54) is 29.6 Å². The SMILES string of the molecule is COc1ccc(NC(=O)CN2C(=O)N[C@]3(CCCC[C@@H]3C)C2=O)cc1S(=O)(=O)N1CCOCC1. The molecule has 2 heterocycles. The second-order valence-electron chi connectivity index (χ2n) is 8.87. The van der Waals surface area contributed by atoms with Crippen molar-refractivity contribution in [3.63, 3.8) is 0 Å². The number of urea groups is 1. The average Bonchev–Trinajstić information content (AvgIpc) is 3.06. The Balaban J connectivity index is 1.50. The third-order valence-corrected chi connectivity index (χ3v) is 8.76. The molecule has 1 saturated carbocycles. The fourth-order valence-corrected chi connectivity index (χ4v) is 6.45. The zero-order chi connectivity index (χ0) is 24.5. The van der Waals surface area contributed by atoms with Crippen LogP contribution in [0.5, 0.6) is 5.75 Å². The average molecular weight is 495 g/mol. The predicted octanol–water partition coefficient (Wildman–Crippen LogP) is 1.16. The number of sulfonamides is 1. The largest absolute Gasteiger partial charge is 0.495 e. The molecule has 2 saturated heterocycles. The van der Waals surface area contributed by atoms with Crippen LogP contribution in [0.1, 0.15) is 32.6 Å². The quantitative estimate of drug-likeness (QED) is 0.567. The van der Waals surface area contributed by atoms with Gasteiger partial charge in [-0.2, -0.15) is 4.31 Å². The first-order valence-corrected chi connectivity index (χ1v) is 12.8. The van der Waals surface area contributed by atoms with Gasteiger partial charge in [-0.25, -0.2) is 13.2 Å². The Morgan fingerprint density at radius 1 is 1.26 bits per heavy atom. The first kappa shape index (κ1) is 24.4. The fraction of sp³-hybridized carbons (Fsp3) is 0.591. The van der Waals surface area contributed by atoms with Crippen LogP contribution in [0.3, 0.4) is 0 Å². The number of hydrogen-bond donors (Lipinski definition) is 2. The summed E-state index contributed by atoms with van der Waals surface area (Å²) in [6, 6.07) is 3.69. The molecule has 2 aliphatic heterocycles. The van der Waals surface area contributed by atoms with Gasteiger partial charge in [0.2, 0.25) is 15.9 Å². The summed E-state index contributed by atoms with van der Waals surface area (Å²) in [5.41, 5.74) is -0.736. The van der Waals surface area contributed by atoms with E-state index in [0.717, 1.165) is 24.2 Å². The molecule has 3 fully saturated rings. The molecule has 11 nitrogen and oxygen atoms in total. The lowest BCUT2D eigenvalue weighted by molar-refractivity contribution is -0.136. The number of nitrogens with zero attached hydrogens (tertiary/aromatic N) is 2. The van der Waals surface area contributed by atoms with Crippen LogP contribution in [0, 0.1) is 5.92 Å². The van der Waals surface area contributed by atoms with Crippen molar-refractivity contribution >= 4 is 33.6 Å². The summed E-state index contributed by atoms with van der Waals surface area (Å²) in [5.74, 6) is -0.860. The van der Waals surface area contributed by atoms with Crippen molar-refractivity contribution in [2.75, 3.05) is 45.3 Å². The lowest BCUT2D eigenvalue weighted by Gasteiger charge is -2.36. The molecular formula is C22H30N4O7S. The molecule has 0 aromatic heterocycles. The van der Waals surface area contributed by atoms with E-state index in [-0.39, 0.29) is 41.2 Å². The number of anilines is 1. The molecule has 186 valence electrons. The fourth-order valence-electron chi connectivity index (χ4n) is 4.87.